The molecule has 54 heavy (non-hydrogen) atoms. The van der Waals surface area contributed by atoms with Crippen LogP contribution in [0.25, 0.3) is 55.6 Å². The highest BCUT2D eigenvalue weighted by Gasteiger charge is 2.45. The van der Waals surface area contributed by atoms with E-state index in [1.807, 2.05) is 35.3 Å². The van der Waals surface area contributed by atoms with Crippen LogP contribution in [0, 0.1) is 0 Å². The van der Waals surface area contributed by atoms with Crippen molar-refractivity contribution in [3.05, 3.63) is 146 Å². The van der Waals surface area contributed by atoms with E-state index in [0.717, 1.165) is 11.5 Å². The first-order chi connectivity index (χ1) is 26.8. The van der Waals surface area contributed by atoms with Gasteiger partial charge in [-0.15, -0.1) is 0 Å². The number of ether oxygens (including phenoxy) is 1. The van der Waals surface area contributed by atoms with Crippen molar-refractivity contribution in [3.8, 4) is 67.1 Å². The molecule has 0 aliphatic carbocycles. The average molecular weight is 735 g/mol. The largest absolute Gasteiger partial charge is 0.458 e. The van der Waals surface area contributed by atoms with Crippen LogP contribution < -0.4 is 37.5 Å². The highest BCUT2D eigenvalue weighted by molar-refractivity contribution is 8.01. The van der Waals surface area contributed by atoms with Crippen LogP contribution in [0.2, 0.25) is 0 Å². The van der Waals surface area contributed by atoms with Gasteiger partial charge in [0.05, 0.1) is 0 Å². The number of hydrogen-bond acceptors (Lipinski definition) is 4. The molecule has 0 atom stereocenters. The lowest BCUT2D eigenvalue weighted by Gasteiger charge is -2.34. The molecule has 0 saturated carbocycles. The maximum Gasteiger partial charge on any atom is 0.255 e. The molecule has 0 amide bonds. The number of hydrogen-bond donors (Lipinski definition) is 0. The molecule has 0 radical (unpaired) electrons. The SMILES string of the molecule is c1cc2c3c(c1)Sc1cccc4c1B3c1c(cc(-c3cc5c6c(c3)-c3ccccc3-c3cccc7c3B6c3c(cccc3S5)S7)cc1-c1ccccc1-4)O2. The molecule has 6 heterocycles. The molecule has 6 heteroatoms. The molecule has 1 nitrogen and oxygen atoms in total. The minimum atomic E-state index is 0.113. The molecule has 0 spiro atoms. The van der Waals surface area contributed by atoms with Gasteiger partial charge in [0, 0.05) is 29.4 Å². The van der Waals surface area contributed by atoms with E-state index in [9.17, 15) is 0 Å². The fourth-order valence-corrected chi connectivity index (χ4v) is 14.1. The second kappa shape index (κ2) is 10.3. The molecule has 8 aromatic carbocycles. The summed E-state index contributed by atoms with van der Waals surface area (Å²) in [5.41, 5.74) is 21.3. The molecule has 246 valence electrons. The lowest BCUT2D eigenvalue weighted by atomic mass is 9.34. The van der Waals surface area contributed by atoms with Gasteiger partial charge in [-0.05, 0) is 149 Å². The predicted octanol–water partition coefficient (Wildman–Crippen LogP) is 9.18. The molecule has 14 rings (SSSR count). The predicted molar refractivity (Wildman–Crippen MR) is 228 cm³/mol. The van der Waals surface area contributed by atoms with E-state index < -0.39 is 0 Å². The van der Waals surface area contributed by atoms with E-state index in [1.165, 1.54) is 118 Å². The Morgan fingerprint density at radius 1 is 0.296 bits per heavy atom. The summed E-state index contributed by atoms with van der Waals surface area (Å²) in [6.07, 6.45) is 0. The Kier molecular flexibility index (Phi) is 5.55. The van der Waals surface area contributed by atoms with Crippen molar-refractivity contribution in [2.75, 3.05) is 0 Å². The average Bonchev–Trinajstić information content (AvgIpc) is 3.43. The highest BCUT2D eigenvalue weighted by Crippen LogP contribution is 2.49. The molecule has 6 aliphatic heterocycles. The van der Waals surface area contributed by atoms with Crippen LogP contribution in [0.4, 0.5) is 0 Å². The highest BCUT2D eigenvalue weighted by atomic mass is 32.2. The van der Waals surface area contributed by atoms with Gasteiger partial charge in [-0.3, -0.25) is 0 Å². The number of rotatable bonds is 1. The molecule has 0 fully saturated rings. The van der Waals surface area contributed by atoms with Crippen molar-refractivity contribution in [1.29, 1.82) is 0 Å². The van der Waals surface area contributed by atoms with Gasteiger partial charge in [-0.1, -0.05) is 120 Å². The molecule has 0 unspecified atom stereocenters. The van der Waals surface area contributed by atoms with Crippen LogP contribution in [0.15, 0.2) is 175 Å². The van der Waals surface area contributed by atoms with Gasteiger partial charge < -0.3 is 4.74 Å². The molecule has 0 saturated heterocycles. The summed E-state index contributed by atoms with van der Waals surface area (Å²) in [6.45, 7) is 0.310. The van der Waals surface area contributed by atoms with Crippen molar-refractivity contribution in [2.24, 2.45) is 0 Å². The van der Waals surface area contributed by atoms with Crippen LogP contribution in [0.5, 0.6) is 11.5 Å². The second-order valence-corrected chi connectivity index (χ2v) is 18.3. The Morgan fingerprint density at radius 3 is 1.35 bits per heavy atom. The monoisotopic (exact) mass is 734 g/mol. The van der Waals surface area contributed by atoms with Crippen molar-refractivity contribution in [3.63, 3.8) is 0 Å². The van der Waals surface area contributed by atoms with Gasteiger partial charge in [0.25, 0.3) is 6.71 Å². The Balaban J connectivity index is 1.07. The lowest BCUT2D eigenvalue weighted by Crippen LogP contribution is -2.58. The maximum absolute atomic E-state index is 7.04. The number of fused-ring (bicyclic) bond motifs is 6. The standard InChI is InChI=1S/C48H24B2OS3/c1-3-11-29-27(9-1)31-13-5-16-37-44(31)49-43-33(29)21-25(23-36(43)51-35-15-7-18-39(52-37)47(35)49)26-22-34-30-12-4-2-10-28(30)32-14-6-17-38-45(32)50-46(34)42(24-26)54-41-20-8-19-40(53-38)48(41)50/h1-24H. The van der Waals surface area contributed by atoms with E-state index in [4.69, 9.17) is 4.74 Å². The maximum atomic E-state index is 7.04. The molecule has 6 aliphatic rings. The Bertz CT molecular complexity index is 2890. The molecular formula is C48H24B2OS3. The van der Waals surface area contributed by atoms with Crippen LogP contribution in [0.1, 0.15) is 0 Å². The van der Waals surface area contributed by atoms with E-state index in [-0.39, 0.29) is 13.4 Å². The molecule has 0 N–H and O–H groups in total. The quantitative estimate of drug-likeness (QED) is 0.156. The van der Waals surface area contributed by atoms with E-state index in [0.29, 0.717) is 0 Å². The van der Waals surface area contributed by atoms with Crippen molar-refractivity contribution < 1.29 is 4.74 Å². The van der Waals surface area contributed by atoms with Gasteiger partial charge in [0.1, 0.15) is 11.5 Å². The third kappa shape index (κ3) is 3.60. The van der Waals surface area contributed by atoms with Crippen LogP contribution >= 0.6 is 35.3 Å². The molecule has 0 aromatic heterocycles. The van der Waals surface area contributed by atoms with Gasteiger partial charge in [-0.25, -0.2) is 0 Å². The third-order valence-corrected chi connectivity index (χ3v) is 15.9. The second-order valence-electron chi connectivity index (χ2n) is 15.0. The Labute approximate surface area is 326 Å². The van der Waals surface area contributed by atoms with Crippen molar-refractivity contribution >= 4 is 81.5 Å². The summed E-state index contributed by atoms with van der Waals surface area (Å²) < 4.78 is 7.04. The van der Waals surface area contributed by atoms with Crippen molar-refractivity contribution in [2.45, 2.75) is 29.4 Å². The summed E-state index contributed by atoms with van der Waals surface area (Å²) in [7, 11) is 0. The summed E-state index contributed by atoms with van der Waals surface area (Å²) in [5, 5.41) is 0. The van der Waals surface area contributed by atoms with Gasteiger partial charge in [-0.2, -0.15) is 0 Å². The fraction of sp³-hybridized carbons (Fsp3) is 0. The van der Waals surface area contributed by atoms with Crippen LogP contribution in [0.3, 0.4) is 0 Å². The van der Waals surface area contributed by atoms with Gasteiger partial charge in [0.15, 0.2) is 0 Å². The van der Waals surface area contributed by atoms with E-state index >= 15 is 0 Å². The number of benzene rings is 8. The summed E-state index contributed by atoms with van der Waals surface area (Å²) in [4.78, 5) is 8.12. The summed E-state index contributed by atoms with van der Waals surface area (Å²) in [5.74, 6) is 1.94. The molecule has 8 aromatic rings. The van der Waals surface area contributed by atoms with Crippen molar-refractivity contribution in [1.82, 2.24) is 0 Å². The first-order valence-corrected chi connectivity index (χ1v) is 21.0. The zero-order chi connectivity index (χ0) is 34.8. The van der Waals surface area contributed by atoms with E-state index in [1.54, 1.807) is 0 Å². The third-order valence-electron chi connectivity index (χ3n) is 12.4. The zero-order valence-electron chi connectivity index (χ0n) is 28.6. The minimum Gasteiger partial charge on any atom is -0.458 e. The lowest BCUT2D eigenvalue weighted by molar-refractivity contribution is 0.486. The topological polar surface area (TPSA) is 9.23 Å². The van der Waals surface area contributed by atoms with Crippen LogP contribution in [-0.2, 0) is 0 Å². The summed E-state index contributed by atoms with van der Waals surface area (Å²) >= 11 is 5.76. The van der Waals surface area contributed by atoms with Crippen LogP contribution in [-0.4, -0.2) is 13.4 Å². The first-order valence-electron chi connectivity index (χ1n) is 18.6. The Hall–Kier alpha value is -5.26. The minimum absolute atomic E-state index is 0.113. The fourth-order valence-electron chi connectivity index (χ4n) is 10.3. The van der Waals surface area contributed by atoms with Gasteiger partial charge >= 0.3 is 0 Å². The zero-order valence-corrected chi connectivity index (χ0v) is 31.1. The molecule has 0 bridgehead atoms. The Morgan fingerprint density at radius 2 is 0.722 bits per heavy atom. The normalized spacial score (nSPS) is 14.5. The van der Waals surface area contributed by atoms with Gasteiger partial charge in [0.2, 0.25) is 6.71 Å². The summed E-state index contributed by atoms with van der Waals surface area (Å²) in [6, 6.07) is 55.2. The smallest absolute Gasteiger partial charge is 0.255 e. The first kappa shape index (κ1) is 29.1. The van der Waals surface area contributed by atoms with E-state index in [2.05, 4.69) is 146 Å². The molecular weight excluding hydrogens is 710 g/mol.